The highest BCUT2D eigenvalue weighted by atomic mass is 32.1. The summed E-state index contributed by atoms with van der Waals surface area (Å²) < 4.78 is 5.45. The van der Waals surface area contributed by atoms with Gasteiger partial charge in [-0.2, -0.15) is 10.2 Å². The van der Waals surface area contributed by atoms with Crippen molar-refractivity contribution < 1.29 is 9.32 Å². The number of aromatic nitrogens is 2. The molecule has 2 aromatic heterocycles. The summed E-state index contributed by atoms with van der Waals surface area (Å²) in [6.45, 7) is 1.91. The molecule has 3 heterocycles. The topological polar surface area (TPSA) is 86.3 Å². The van der Waals surface area contributed by atoms with E-state index in [1.165, 1.54) is 11.3 Å². The number of hydrogen-bond donors (Lipinski definition) is 0. The van der Waals surface area contributed by atoms with Crippen molar-refractivity contribution in [2.75, 3.05) is 26.7 Å². The average Bonchev–Trinajstić information content (AvgIpc) is 3.14. The molecule has 1 atom stereocenters. The van der Waals surface area contributed by atoms with Gasteiger partial charge in [-0.15, -0.1) is 11.3 Å². The number of hydrogen-bond acceptors (Lipinski definition) is 7. The minimum Gasteiger partial charge on any atom is -0.338 e. The van der Waals surface area contributed by atoms with Crippen molar-refractivity contribution in [3.8, 4) is 6.07 Å². The number of likely N-dealkylation sites (N-methyl/N-ethyl adjacent to an activating group) is 1. The molecule has 1 saturated carbocycles. The lowest BCUT2D eigenvalue weighted by molar-refractivity contribution is 0.0493. The molecule has 0 N–H and O–H groups in total. The lowest BCUT2D eigenvalue weighted by Gasteiger charge is -2.37. The molecular weight excluding hydrogens is 326 g/mol. The molecule has 2 aromatic rings. The van der Waals surface area contributed by atoms with Crippen LogP contribution in [0.15, 0.2) is 16.7 Å². The van der Waals surface area contributed by atoms with Gasteiger partial charge in [0.15, 0.2) is 5.82 Å². The summed E-state index contributed by atoms with van der Waals surface area (Å²) in [5.41, 5.74) is 0. The third-order valence-corrected chi connectivity index (χ3v) is 5.53. The van der Waals surface area contributed by atoms with E-state index >= 15 is 0 Å². The first-order valence-corrected chi connectivity index (χ1v) is 8.80. The molecule has 1 amide bonds. The quantitative estimate of drug-likeness (QED) is 0.847. The average molecular weight is 343 g/mol. The Morgan fingerprint density at radius 2 is 2.25 bits per heavy atom. The van der Waals surface area contributed by atoms with Crippen LogP contribution in [0.25, 0.3) is 0 Å². The van der Waals surface area contributed by atoms with E-state index in [-0.39, 0.29) is 11.9 Å². The summed E-state index contributed by atoms with van der Waals surface area (Å²) in [7, 11) is 2.01. The minimum atomic E-state index is -0.0851. The third kappa shape index (κ3) is 2.81. The Bertz CT molecular complexity index is 803. The smallest absolute Gasteiger partial charge is 0.264 e. The van der Waals surface area contributed by atoms with Gasteiger partial charge in [-0.3, -0.25) is 9.69 Å². The maximum atomic E-state index is 12.7. The first-order valence-electron chi connectivity index (χ1n) is 7.98. The summed E-state index contributed by atoms with van der Waals surface area (Å²) >= 11 is 1.23. The van der Waals surface area contributed by atoms with Crippen molar-refractivity contribution in [1.82, 2.24) is 19.9 Å². The van der Waals surface area contributed by atoms with Crippen LogP contribution in [0.4, 0.5) is 0 Å². The van der Waals surface area contributed by atoms with Crippen molar-refractivity contribution >= 4 is 17.2 Å². The summed E-state index contributed by atoms with van der Waals surface area (Å²) in [6, 6.07) is 5.39. The second kappa shape index (κ2) is 6.00. The lowest BCUT2D eigenvalue weighted by Crippen LogP contribution is -2.49. The Morgan fingerprint density at radius 3 is 2.96 bits per heavy atom. The molecule has 124 valence electrons. The van der Waals surface area contributed by atoms with E-state index in [2.05, 4.69) is 21.1 Å². The molecule has 4 rings (SSSR count). The third-order valence-electron chi connectivity index (χ3n) is 4.55. The minimum absolute atomic E-state index is 0.0402. The van der Waals surface area contributed by atoms with Gasteiger partial charge in [0.1, 0.15) is 17.0 Å². The number of carbonyl (C=O) groups excluding carboxylic acids is 1. The van der Waals surface area contributed by atoms with Gasteiger partial charge in [0.2, 0.25) is 5.89 Å². The fourth-order valence-corrected chi connectivity index (χ4v) is 3.65. The van der Waals surface area contributed by atoms with Gasteiger partial charge in [0.05, 0.1) is 4.88 Å². The van der Waals surface area contributed by atoms with Gasteiger partial charge < -0.3 is 9.42 Å². The van der Waals surface area contributed by atoms with Gasteiger partial charge in [0, 0.05) is 25.6 Å². The van der Waals surface area contributed by atoms with Crippen molar-refractivity contribution in [3.63, 3.8) is 0 Å². The van der Waals surface area contributed by atoms with Crippen LogP contribution in [0.1, 0.15) is 51.1 Å². The fraction of sp³-hybridized carbons (Fsp3) is 0.500. The van der Waals surface area contributed by atoms with Crippen molar-refractivity contribution in [3.05, 3.63) is 33.6 Å². The number of carbonyl (C=O) groups is 1. The predicted octanol–water partition coefficient (Wildman–Crippen LogP) is 2.01. The summed E-state index contributed by atoms with van der Waals surface area (Å²) in [4.78, 5) is 22.3. The Balaban J connectivity index is 1.51. The van der Waals surface area contributed by atoms with Crippen LogP contribution >= 0.6 is 11.3 Å². The highest BCUT2D eigenvalue weighted by Gasteiger charge is 2.35. The molecule has 1 aliphatic heterocycles. The molecular formula is C16H17N5O2S. The summed E-state index contributed by atoms with van der Waals surface area (Å²) in [6.07, 6.45) is 2.26. The Morgan fingerprint density at radius 1 is 1.42 bits per heavy atom. The van der Waals surface area contributed by atoms with E-state index < -0.39 is 0 Å². The molecule has 1 aliphatic carbocycles. The number of thiophene rings is 1. The molecule has 1 unspecified atom stereocenters. The highest BCUT2D eigenvalue weighted by Crippen LogP contribution is 2.39. The largest absolute Gasteiger partial charge is 0.338 e. The van der Waals surface area contributed by atoms with Crippen molar-refractivity contribution in [2.24, 2.45) is 0 Å². The van der Waals surface area contributed by atoms with Crippen LogP contribution < -0.4 is 0 Å². The van der Waals surface area contributed by atoms with Gasteiger partial charge in [-0.05, 0) is 32.0 Å². The van der Waals surface area contributed by atoms with Gasteiger partial charge in [0.25, 0.3) is 5.91 Å². The van der Waals surface area contributed by atoms with Crippen LogP contribution in [0.3, 0.4) is 0 Å². The van der Waals surface area contributed by atoms with Gasteiger partial charge >= 0.3 is 0 Å². The SMILES string of the molecule is CN1CCN(C(=O)c2ccc(C#N)s2)CC1c1nc(C2CC2)no1. The number of rotatable bonds is 3. The van der Waals surface area contributed by atoms with Gasteiger partial charge in [-0.25, -0.2) is 0 Å². The molecule has 7 nitrogen and oxygen atoms in total. The number of nitriles is 1. The first-order chi connectivity index (χ1) is 11.7. The molecule has 0 radical (unpaired) electrons. The highest BCUT2D eigenvalue weighted by molar-refractivity contribution is 7.14. The van der Waals surface area contributed by atoms with E-state index in [0.717, 1.165) is 25.2 Å². The Hall–Kier alpha value is -2.24. The van der Waals surface area contributed by atoms with E-state index in [1.54, 1.807) is 17.0 Å². The second-order valence-electron chi connectivity index (χ2n) is 6.29. The van der Waals surface area contributed by atoms with Gasteiger partial charge in [-0.1, -0.05) is 5.16 Å². The Kier molecular flexibility index (Phi) is 3.82. The van der Waals surface area contributed by atoms with Crippen LogP contribution in [0, 0.1) is 11.3 Å². The zero-order valence-electron chi connectivity index (χ0n) is 13.3. The molecule has 0 bridgehead atoms. The zero-order valence-corrected chi connectivity index (χ0v) is 14.1. The standard InChI is InChI=1S/C16H17N5O2S/c1-20-6-7-21(16(22)13-5-4-11(8-17)24-13)9-12(20)15-18-14(19-23-15)10-2-3-10/h4-5,10,12H,2-3,6-7,9H2,1H3. The van der Waals surface area contributed by atoms with E-state index in [1.807, 2.05) is 7.05 Å². The van der Waals surface area contributed by atoms with Crippen LogP contribution in [-0.2, 0) is 0 Å². The maximum Gasteiger partial charge on any atom is 0.264 e. The molecule has 1 saturated heterocycles. The zero-order chi connectivity index (χ0) is 16.7. The lowest BCUT2D eigenvalue weighted by atomic mass is 10.1. The maximum absolute atomic E-state index is 12.7. The molecule has 0 aromatic carbocycles. The van der Waals surface area contributed by atoms with Crippen LogP contribution in [-0.4, -0.2) is 52.5 Å². The van der Waals surface area contributed by atoms with E-state index in [0.29, 0.717) is 34.7 Å². The normalized spacial score (nSPS) is 21.7. The second-order valence-corrected chi connectivity index (χ2v) is 7.37. The van der Waals surface area contributed by atoms with Crippen LogP contribution in [0.5, 0.6) is 0 Å². The summed E-state index contributed by atoms with van der Waals surface area (Å²) in [5.74, 6) is 1.78. The van der Waals surface area contributed by atoms with E-state index in [4.69, 9.17) is 9.78 Å². The fourth-order valence-electron chi connectivity index (χ4n) is 2.88. The van der Waals surface area contributed by atoms with Crippen molar-refractivity contribution in [2.45, 2.75) is 24.8 Å². The Labute approximate surface area is 143 Å². The number of piperazine rings is 1. The molecule has 0 spiro atoms. The van der Waals surface area contributed by atoms with E-state index in [9.17, 15) is 4.79 Å². The molecule has 24 heavy (non-hydrogen) atoms. The molecule has 8 heteroatoms. The monoisotopic (exact) mass is 343 g/mol. The molecule has 2 aliphatic rings. The number of amides is 1. The first kappa shape index (κ1) is 15.3. The molecule has 2 fully saturated rings. The summed E-state index contributed by atoms with van der Waals surface area (Å²) in [5, 5.41) is 13.0. The number of nitrogens with zero attached hydrogens (tertiary/aromatic N) is 5. The van der Waals surface area contributed by atoms with Crippen LogP contribution in [0.2, 0.25) is 0 Å². The van der Waals surface area contributed by atoms with Crippen molar-refractivity contribution in [1.29, 1.82) is 5.26 Å². The predicted molar refractivity (Wildman–Crippen MR) is 86.6 cm³/mol.